The standard InChI is InChI=1S/C5H8Cl2O/c1-5(7)4-8-3-2-6/h4H,2-3H2,1H3/b5-4-. The van der Waals surface area contributed by atoms with Crippen LogP contribution in [0.5, 0.6) is 0 Å². The van der Waals surface area contributed by atoms with Crippen molar-refractivity contribution in [3.05, 3.63) is 11.3 Å². The minimum absolute atomic E-state index is 0.501. The fraction of sp³-hybridized carbons (Fsp3) is 0.600. The Morgan fingerprint density at radius 2 is 2.38 bits per heavy atom. The van der Waals surface area contributed by atoms with Crippen molar-refractivity contribution in [3.8, 4) is 0 Å². The van der Waals surface area contributed by atoms with Crippen molar-refractivity contribution in [2.24, 2.45) is 0 Å². The van der Waals surface area contributed by atoms with Crippen LogP contribution in [0.2, 0.25) is 0 Å². The van der Waals surface area contributed by atoms with Gasteiger partial charge in [0.2, 0.25) is 0 Å². The molecule has 0 aromatic rings. The van der Waals surface area contributed by atoms with Gasteiger partial charge in [0.1, 0.15) is 6.61 Å². The van der Waals surface area contributed by atoms with Crippen LogP contribution in [-0.2, 0) is 4.74 Å². The topological polar surface area (TPSA) is 9.23 Å². The molecular formula is C5H8Cl2O. The van der Waals surface area contributed by atoms with E-state index in [1.165, 1.54) is 6.26 Å². The zero-order valence-corrected chi connectivity index (χ0v) is 6.17. The van der Waals surface area contributed by atoms with Crippen LogP contribution >= 0.6 is 23.2 Å². The number of hydrogen-bond acceptors (Lipinski definition) is 1. The van der Waals surface area contributed by atoms with E-state index < -0.39 is 0 Å². The molecule has 0 aromatic heterocycles. The molecule has 0 bridgehead atoms. The van der Waals surface area contributed by atoms with E-state index in [0.717, 1.165) is 0 Å². The fourth-order valence-electron chi connectivity index (χ4n) is 0.218. The first-order valence-corrected chi connectivity index (χ1v) is 3.18. The van der Waals surface area contributed by atoms with Gasteiger partial charge in [0, 0.05) is 5.03 Å². The smallest absolute Gasteiger partial charge is 0.101 e. The molecule has 0 aliphatic carbocycles. The second kappa shape index (κ2) is 5.26. The lowest BCUT2D eigenvalue weighted by Crippen LogP contribution is -1.86. The predicted molar refractivity (Wildman–Crippen MR) is 36.3 cm³/mol. The van der Waals surface area contributed by atoms with Crippen LogP contribution in [0.4, 0.5) is 0 Å². The van der Waals surface area contributed by atoms with Gasteiger partial charge in [-0.15, -0.1) is 11.6 Å². The predicted octanol–water partition coefficient (Wildman–Crippen LogP) is 2.34. The van der Waals surface area contributed by atoms with Crippen LogP contribution in [0.3, 0.4) is 0 Å². The zero-order chi connectivity index (χ0) is 6.41. The van der Waals surface area contributed by atoms with Gasteiger partial charge in [0.15, 0.2) is 0 Å². The lowest BCUT2D eigenvalue weighted by Gasteiger charge is -1.93. The zero-order valence-electron chi connectivity index (χ0n) is 4.66. The summed E-state index contributed by atoms with van der Waals surface area (Å²) in [5, 5.41) is 0.634. The molecule has 3 heteroatoms. The summed E-state index contributed by atoms with van der Waals surface area (Å²) >= 11 is 10.7. The van der Waals surface area contributed by atoms with Crippen LogP contribution in [0.25, 0.3) is 0 Å². The average molecular weight is 155 g/mol. The third-order valence-corrected chi connectivity index (χ3v) is 0.684. The van der Waals surface area contributed by atoms with Crippen LogP contribution in [0.1, 0.15) is 6.92 Å². The van der Waals surface area contributed by atoms with E-state index in [1.807, 2.05) is 0 Å². The first-order valence-electron chi connectivity index (χ1n) is 2.27. The molecule has 0 saturated heterocycles. The summed E-state index contributed by atoms with van der Waals surface area (Å²) < 4.78 is 4.82. The summed E-state index contributed by atoms with van der Waals surface area (Å²) in [7, 11) is 0. The highest BCUT2D eigenvalue weighted by Crippen LogP contribution is 1.97. The number of allylic oxidation sites excluding steroid dienone is 1. The molecule has 0 heterocycles. The van der Waals surface area contributed by atoms with Gasteiger partial charge in [0.05, 0.1) is 12.1 Å². The van der Waals surface area contributed by atoms with Crippen molar-refractivity contribution in [3.63, 3.8) is 0 Å². The molecule has 1 nitrogen and oxygen atoms in total. The van der Waals surface area contributed by atoms with Crippen molar-refractivity contribution in [1.29, 1.82) is 0 Å². The second-order valence-electron chi connectivity index (χ2n) is 1.26. The van der Waals surface area contributed by atoms with Gasteiger partial charge < -0.3 is 4.74 Å². The lowest BCUT2D eigenvalue weighted by atomic mass is 10.7. The molecule has 0 spiro atoms. The number of ether oxygens (including phenoxy) is 1. The Bertz CT molecular complexity index is 76.5. The van der Waals surface area contributed by atoms with Gasteiger partial charge in [-0.3, -0.25) is 0 Å². The molecule has 0 amide bonds. The normalized spacial score (nSPS) is 11.6. The van der Waals surface area contributed by atoms with Crippen LogP contribution in [-0.4, -0.2) is 12.5 Å². The van der Waals surface area contributed by atoms with E-state index in [9.17, 15) is 0 Å². The average Bonchev–Trinajstić information content (AvgIpc) is 1.66. The second-order valence-corrected chi connectivity index (χ2v) is 2.24. The van der Waals surface area contributed by atoms with Crippen molar-refractivity contribution in [1.82, 2.24) is 0 Å². The third kappa shape index (κ3) is 6.12. The van der Waals surface area contributed by atoms with Gasteiger partial charge in [-0.2, -0.15) is 0 Å². The van der Waals surface area contributed by atoms with Gasteiger partial charge in [-0.05, 0) is 6.92 Å². The van der Waals surface area contributed by atoms with Gasteiger partial charge in [0.25, 0.3) is 0 Å². The summed E-state index contributed by atoms with van der Waals surface area (Å²) in [4.78, 5) is 0. The summed E-state index contributed by atoms with van der Waals surface area (Å²) in [6.45, 7) is 2.27. The van der Waals surface area contributed by atoms with Crippen LogP contribution < -0.4 is 0 Å². The highest BCUT2D eigenvalue weighted by Gasteiger charge is 1.79. The van der Waals surface area contributed by atoms with Crippen molar-refractivity contribution >= 4 is 23.2 Å². The summed E-state index contributed by atoms with van der Waals surface area (Å²) in [5.41, 5.74) is 0. The van der Waals surface area contributed by atoms with Gasteiger partial charge in [-0.25, -0.2) is 0 Å². The Hall–Kier alpha value is 0.120. The minimum atomic E-state index is 0.501. The van der Waals surface area contributed by atoms with Crippen LogP contribution in [0, 0.1) is 0 Å². The number of alkyl halides is 1. The van der Waals surface area contributed by atoms with Crippen LogP contribution in [0.15, 0.2) is 11.3 Å². The number of hydrogen-bond donors (Lipinski definition) is 0. The monoisotopic (exact) mass is 154 g/mol. The molecule has 0 radical (unpaired) electrons. The van der Waals surface area contributed by atoms with Crippen molar-refractivity contribution in [2.45, 2.75) is 6.92 Å². The maximum absolute atomic E-state index is 5.41. The van der Waals surface area contributed by atoms with Gasteiger partial charge in [-0.1, -0.05) is 11.6 Å². The lowest BCUT2D eigenvalue weighted by molar-refractivity contribution is 0.270. The fourth-order valence-corrected chi connectivity index (χ4v) is 0.370. The number of rotatable bonds is 3. The van der Waals surface area contributed by atoms with E-state index in [-0.39, 0.29) is 0 Å². The van der Waals surface area contributed by atoms with E-state index in [4.69, 9.17) is 27.9 Å². The summed E-state index contributed by atoms with van der Waals surface area (Å²) in [5.74, 6) is 0.501. The minimum Gasteiger partial charge on any atom is -0.499 e. The third-order valence-electron chi connectivity index (χ3n) is 0.441. The Kier molecular flexibility index (Phi) is 5.34. The molecule has 0 saturated carbocycles. The summed E-state index contributed by atoms with van der Waals surface area (Å²) in [6.07, 6.45) is 1.48. The summed E-state index contributed by atoms with van der Waals surface area (Å²) in [6, 6.07) is 0. The molecular weight excluding hydrogens is 147 g/mol. The quantitative estimate of drug-likeness (QED) is 0.345. The molecule has 0 N–H and O–H groups in total. The molecule has 0 fully saturated rings. The Labute approximate surface area is 59.2 Å². The molecule has 0 rings (SSSR count). The van der Waals surface area contributed by atoms with Crippen molar-refractivity contribution < 1.29 is 4.74 Å². The highest BCUT2D eigenvalue weighted by molar-refractivity contribution is 6.29. The van der Waals surface area contributed by atoms with Crippen molar-refractivity contribution in [2.75, 3.05) is 12.5 Å². The van der Waals surface area contributed by atoms with E-state index in [2.05, 4.69) is 0 Å². The van der Waals surface area contributed by atoms with E-state index in [1.54, 1.807) is 6.92 Å². The van der Waals surface area contributed by atoms with Gasteiger partial charge >= 0.3 is 0 Å². The molecule has 0 aromatic carbocycles. The largest absolute Gasteiger partial charge is 0.499 e. The molecule has 0 atom stereocenters. The SMILES string of the molecule is C/C(Cl)=C/OCCCl. The molecule has 8 heavy (non-hydrogen) atoms. The maximum Gasteiger partial charge on any atom is 0.101 e. The highest BCUT2D eigenvalue weighted by atomic mass is 35.5. The van der Waals surface area contributed by atoms with E-state index >= 15 is 0 Å². The number of halogens is 2. The Balaban J connectivity index is 3.03. The van der Waals surface area contributed by atoms with E-state index in [0.29, 0.717) is 17.5 Å². The maximum atomic E-state index is 5.41. The first kappa shape index (κ1) is 8.12. The molecule has 0 aliphatic rings. The molecule has 0 aliphatic heterocycles. The molecule has 48 valence electrons. The Morgan fingerprint density at radius 1 is 1.75 bits per heavy atom. The first-order chi connectivity index (χ1) is 3.77. The molecule has 0 unspecified atom stereocenters. The Morgan fingerprint density at radius 3 is 2.75 bits per heavy atom.